The maximum atomic E-state index is 13.2. The lowest BCUT2D eigenvalue weighted by atomic mass is 10.0. The lowest BCUT2D eigenvalue weighted by Gasteiger charge is -2.38. The van der Waals surface area contributed by atoms with Crippen molar-refractivity contribution in [3.63, 3.8) is 0 Å². The van der Waals surface area contributed by atoms with Crippen LogP contribution in [0.25, 0.3) is 0 Å². The summed E-state index contributed by atoms with van der Waals surface area (Å²) >= 11 is 0. The van der Waals surface area contributed by atoms with Crippen molar-refractivity contribution in [2.75, 3.05) is 6.61 Å². The van der Waals surface area contributed by atoms with Crippen molar-refractivity contribution in [2.24, 2.45) is 0 Å². The number of aldehydes is 1. The highest BCUT2D eigenvalue weighted by atomic mass is 16.6. The predicted molar refractivity (Wildman–Crippen MR) is 128 cm³/mol. The second-order valence-electron chi connectivity index (χ2n) is 9.83. The Bertz CT molecular complexity index is 925. The summed E-state index contributed by atoms with van der Waals surface area (Å²) in [4.78, 5) is 26.9. The molecule has 0 radical (unpaired) electrons. The van der Waals surface area contributed by atoms with Crippen molar-refractivity contribution < 1.29 is 28.5 Å². The van der Waals surface area contributed by atoms with Gasteiger partial charge in [-0.05, 0) is 45.7 Å². The van der Waals surface area contributed by atoms with E-state index < -0.39 is 35.7 Å². The zero-order chi connectivity index (χ0) is 24.8. The minimum atomic E-state index is -0.936. The number of carbonyl (C=O) groups is 2. The van der Waals surface area contributed by atoms with Gasteiger partial charge in [0.2, 0.25) is 0 Å². The molecule has 2 aromatic carbocycles. The molecule has 1 amide bonds. The van der Waals surface area contributed by atoms with Crippen LogP contribution in [0.15, 0.2) is 60.7 Å². The molecule has 0 unspecified atom stereocenters. The van der Waals surface area contributed by atoms with E-state index in [2.05, 4.69) is 0 Å². The van der Waals surface area contributed by atoms with Crippen molar-refractivity contribution in [3.05, 3.63) is 71.8 Å². The first kappa shape index (κ1) is 25.9. The lowest BCUT2D eigenvalue weighted by Crippen LogP contribution is -2.56. The summed E-state index contributed by atoms with van der Waals surface area (Å²) in [5.74, 6) is 0. The number of hydrogen-bond donors (Lipinski definition) is 0. The molecule has 0 saturated carbocycles. The standard InChI is InChI=1S/C27H35NO6/c1-26(2,3)34-25(30)28-22(19-33-27(28,4)5)24(32-18-21-14-10-7-11-15-21)23(16-29)31-17-20-12-8-6-9-13-20/h6-16,22-24H,17-19H2,1-5H3/t22-,23+,24-/m0/s1. The molecule has 0 aromatic heterocycles. The minimum absolute atomic E-state index is 0.185. The maximum absolute atomic E-state index is 13.2. The van der Waals surface area contributed by atoms with Gasteiger partial charge in [-0.2, -0.15) is 0 Å². The zero-order valence-electron chi connectivity index (χ0n) is 20.6. The summed E-state index contributed by atoms with van der Waals surface area (Å²) in [5, 5.41) is 0. The molecule has 1 saturated heterocycles. The summed E-state index contributed by atoms with van der Waals surface area (Å²) in [6, 6.07) is 18.7. The van der Waals surface area contributed by atoms with E-state index in [1.807, 2.05) is 81.4 Å². The van der Waals surface area contributed by atoms with Crippen molar-refractivity contribution in [3.8, 4) is 0 Å². The van der Waals surface area contributed by atoms with Gasteiger partial charge in [0.05, 0.1) is 25.9 Å². The van der Waals surface area contributed by atoms with Crippen molar-refractivity contribution >= 4 is 12.4 Å². The second-order valence-corrected chi connectivity index (χ2v) is 9.83. The van der Waals surface area contributed by atoms with Crippen molar-refractivity contribution in [2.45, 2.75) is 77.4 Å². The number of rotatable bonds is 9. The summed E-state index contributed by atoms with van der Waals surface area (Å²) < 4.78 is 23.9. The van der Waals surface area contributed by atoms with Crippen molar-refractivity contribution in [1.29, 1.82) is 0 Å². The SMILES string of the molecule is CC(C)(C)OC(=O)N1[C@H]([C@H](OCc2ccccc2)[C@@H](C=O)OCc2ccccc2)COC1(C)C. The molecule has 34 heavy (non-hydrogen) atoms. The molecule has 0 bridgehead atoms. The van der Waals surface area contributed by atoms with Gasteiger partial charge in [0.25, 0.3) is 0 Å². The highest BCUT2D eigenvalue weighted by Crippen LogP contribution is 2.33. The Hall–Kier alpha value is -2.74. The second kappa shape index (κ2) is 11.1. The zero-order valence-corrected chi connectivity index (χ0v) is 20.6. The van der Waals surface area contributed by atoms with Gasteiger partial charge in [-0.15, -0.1) is 0 Å². The Morgan fingerprint density at radius 1 is 1.03 bits per heavy atom. The van der Waals surface area contributed by atoms with Gasteiger partial charge in [-0.25, -0.2) is 4.79 Å². The summed E-state index contributed by atoms with van der Waals surface area (Å²) in [7, 11) is 0. The van der Waals surface area contributed by atoms with E-state index in [4.69, 9.17) is 18.9 Å². The van der Waals surface area contributed by atoms with E-state index in [9.17, 15) is 9.59 Å². The summed E-state index contributed by atoms with van der Waals surface area (Å²) in [6.45, 7) is 9.70. The van der Waals surface area contributed by atoms with Gasteiger partial charge in [0, 0.05) is 0 Å². The fourth-order valence-corrected chi connectivity index (χ4v) is 3.91. The number of hydrogen-bond acceptors (Lipinski definition) is 6. The third-order valence-electron chi connectivity index (χ3n) is 5.52. The van der Waals surface area contributed by atoms with E-state index in [0.29, 0.717) is 0 Å². The molecule has 0 spiro atoms. The monoisotopic (exact) mass is 469 g/mol. The molecule has 2 aromatic rings. The molecule has 0 N–H and O–H groups in total. The highest BCUT2D eigenvalue weighted by molar-refractivity contribution is 5.70. The normalized spacial score (nSPS) is 19.4. The van der Waals surface area contributed by atoms with Crippen LogP contribution in [0.4, 0.5) is 4.79 Å². The smallest absolute Gasteiger partial charge is 0.412 e. The van der Waals surface area contributed by atoms with E-state index >= 15 is 0 Å². The number of ether oxygens (including phenoxy) is 4. The molecule has 1 aliphatic heterocycles. The van der Waals surface area contributed by atoms with Crippen LogP contribution in [0.1, 0.15) is 45.7 Å². The van der Waals surface area contributed by atoms with Gasteiger partial charge in [0.1, 0.15) is 23.5 Å². The Kier molecular flexibility index (Phi) is 8.47. The number of benzene rings is 2. The number of carbonyl (C=O) groups excluding carboxylic acids is 2. The first-order chi connectivity index (χ1) is 16.1. The van der Waals surface area contributed by atoms with Gasteiger partial charge in [-0.3, -0.25) is 4.90 Å². The van der Waals surface area contributed by atoms with Crippen molar-refractivity contribution in [1.82, 2.24) is 4.90 Å². The maximum Gasteiger partial charge on any atom is 0.412 e. The van der Waals surface area contributed by atoms with Gasteiger partial charge < -0.3 is 23.7 Å². The molecule has 184 valence electrons. The van der Waals surface area contributed by atoms with Crippen LogP contribution in [-0.2, 0) is 37.0 Å². The third-order valence-corrected chi connectivity index (χ3v) is 5.52. The lowest BCUT2D eigenvalue weighted by molar-refractivity contribution is -0.141. The molecule has 7 nitrogen and oxygen atoms in total. The fourth-order valence-electron chi connectivity index (χ4n) is 3.91. The Morgan fingerprint density at radius 3 is 2.06 bits per heavy atom. The number of amides is 1. The van der Waals surface area contributed by atoms with Gasteiger partial charge in [-0.1, -0.05) is 60.7 Å². The average Bonchev–Trinajstić information content (AvgIpc) is 3.11. The molecule has 1 heterocycles. The molecule has 3 atom stereocenters. The molecule has 1 aliphatic rings. The Morgan fingerprint density at radius 2 is 1.56 bits per heavy atom. The minimum Gasteiger partial charge on any atom is -0.444 e. The van der Waals surface area contributed by atoms with Crippen LogP contribution in [0.2, 0.25) is 0 Å². The van der Waals surface area contributed by atoms with E-state index in [1.54, 1.807) is 13.8 Å². The van der Waals surface area contributed by atoms with Gasteiger partial charge in [0.15, 0.2) is 6.29 Å². The first-order valence-corrected chi connectivity index (χ1v) is 11.5. The summed E-state index contributed by atoms with van der Waals surface area (Å²) in [5.41, 5.74) is 0.258. The van der Waals surface area contributed by atoms with E-state index in [1.165, 1.54) is 4.90 Å². The molecular weight excluding hydrogens is 434 g/mol. The van der Waals surface area contributed by atoms with Gasteiger partial charge >= 0.3 is 6.09 Å². The van der Waals surface area contributed by atoms with E-state index in [0.717, 1.165) is 17.4 Å². The molecular formula is C27H35NO6. The van der Waals surface area contributed by atoms with E-state index in [-0.39, 0.29) is 19.8 Å². The summed E-state index contributed by atoms with van der Waals surface area (Å²) in [6.07, 6.45) is -1.48. The van der Waals surface area contributed by atoms with Crippen LogP contribution in [0.3, 0.4) is 0 Å². The topological polar surface area (TPSA) is 74.3 Å². The number of nitrogens with zero attached hydrogens (tertiary/aromatic N) is 1. The first-order valence-electron chi connectivity index (χ1n) is 11.5. The average molecular weight is 470 g/mol. The van der Waals surface area contributed by atoms with Crippen LogP contribution >= 0.6 is 0 Å². The predicted octanol–water partition coefficient (Wildman–Crippen LogP) is 4.73. The third kappa shape index (κ3) is 6.88. The quantitative estimate of drug-likeness (QED) is 0.495. The van der Waals surface area contributed by atoms with Crippen LogP contribution in [0.5, 0.6) is 0 Å². The fraction of sp³-hybridized carbons (Fsp3) is 0.481. The molecule has 7 heteroatoms. The molecule has 0 aliphatic carbocycles. The highest BCUT2D eigenvalue weighted by Gasteiger charge is 2.51. The molecule has 3 rings (SSSR count). The van der Waals surface area contributed by atoms with Crippen LogP contribution < -0.4 is 0 Å². The Balaban J connectivity index is 1.86. The molecule has 1 fully saturated rings. The van der Waals surface area contributed by atoms with Crippen LogP contribution in [-0.4, -0.2) is 53.5 Å². The largest absolute Gasteiger partial charge is 0.444 e. The Labute approximate surface area is 201 Å². The van der Waals surface area contributed by atoms with Crippen LogP contribution in [0, 0.1) is 0 Å².